The van der Waals surface area contributed by atoms with Gasteiger partial charge in [-0.05, 0) is 47.0 Å². The lowest BCUT2D eigenvalue weighted by atomic mass is 10.3. The summed E-state index contributed by atoms with van der Waals surface area (Å²) in [6.07, 6.45) is 4.85. The molecule has 2 aromatic rings. The molecule has 0 bridgehead atoms. The highest BCUT2D eigenvalue weighted by atomic mass is 79.9. The average molecular weight is 339 g/mol. The molecule has 0 radical (unpaired) electrons. The van der Waals surface area contributed by atoms with Crippen molar-refractivity contribution >= 4 is 21.8 Å². The molecule has 2 aromatic heterocycles. The second-order valence-electron chi connectivity index (χ2n) is 4.32. The molecule has 0 aliphatic rings. The largest absolute Gasteiger partial charge is 0.459 e. The second-order valence-corrected chi connectivity index (χ2v) is 5.23. The lowest BCUT2D eigenvalue weighted by molar-refractivity contribution is 0.0925. The zero-order chi connectivity index (χ0) is 14.4. The number of halogens is 1. The molecule has 2 heterocycles. The molecule has 0 saturated heterocycles. The van der Waals surface area contributed by atoms with Crippen LogP contribution in [0, 0.1) is 0 Å². The summed E-state index contributed by atoms with van der Waals surface area (Å²) >= 11 is 3.33. The van der Waals surface area contributed by atoms with Crippen molar-refractivity contribution in [2.45, 2.75) is 19.4 Å². The van der Waals surface area contributed by atoms with Crippen LogP contribution in [0.4, 0.5) is 0 Å². The maximum absolute atomic E-state index is 11.6. The van der Waals surface area contributed by atoms with Crippen molar-refractivity contribution in [1.29, 1.82) is 0 Å². The van der Waals surface area contributed by atoms with E-state index in [9.17, 15) is 9.59 Å². The van der Waals surface area contributed by atoms with Crippen molar-refractivity contribution < 1.29 is 9.21 Å². The molecule has 106 valence electrons. The van der Waals surface area contributed by atoms with E-state index in [1.54, 1.807) is 29.0 Å². The Kier molecular flexibility index (Phi) is 5.17. The molecule has 20 heavy (non-hydrogen) atoms. The van der Waals surface area contributed by atoms with Gasteiger partial charge in [0.2, 0.25) is 0 Å². The molecule has 0 aromatic carbocycles. The topological polar surface area (TPSA) is 64.2 Å². The van der Waals surface area contributed by atoms with Gasteiger partial charge in [0.25, 0.3) is 11.5 Å². The van der Waals surface area contributed by atoms with E-state index in [1.807, 2.05) is 0 Å². The van der Waals surface area contributed by atoms with Crippen molar-refractivity contribution in [2.24, 2.45) is 0 Å². The third-order valence-corrected chi connectivity index (χ3v) is 3.27. The smallest absolute Gasteiger partial charge is 0.286 e. The van der Waals surface area contributed by atoms with Crippen LogP contribution in [0.2, 0.25) is 0 Å². The Hall–Kier alpha value is -1.82. The van der Waals surface area contributed by atoms with Gasteiger partial charge in [0, 0.05) is 29.8 Å². The van der Waals surface area contributed by atoms with Crippen LogP contribution in [0.25, 0.3) is 0 Å². The highest BCUT2D eigenvalue weighted by molar-refractivity contribution is 9.10. The number of pyridine rings is 1. The molecule has 0 fully saturated rings. The van der Waals surface area contributed by atoms with Crippen LogP contribution in [0.15, 0.2) is 50.4 Å². The van der Waals surface area contributed by atoms with Gasteiger partial charge in [-0.25, -0.2) is 0 Å². The van der Waals surface area contributed by atoms with Crippen molar-refractivity contribution in [3.63, 3.8) is 0 Å². The third-order valence-electron chi connectivity index (χ3n) is 2.80. The number of hydrogen-bond donors (Lipinski definition) is 1. The number of furan rings is 1. The number of unbranched alkanes of at least 4 members (excludes halogenated alkanes) is 1. The predicted molar refractivity (Wildman–Crippen MR) is 78.7 cm³/mol. The molecule has 5 nitrogen and oxygen atoms in total. The van der Waals surface area contributed by atoms with Gasteiger partial charge < -0.3 is 14.3 Å². The molecular formula is C14H15BrN2O3. The van der Waals surface area contributed by atoms with Gasteiger partial charge in [-0.15, -0.1) is 0 Å². The summed E-state index contributed by atoms with van der Waals surface area (Å²) in [5.41, 5.74) is -0.0205. The summed E-state index contributed by atoms with van der Waals surface area (Å²) in [5.74, 6) is 0.0998. The number of rotatable bonds is 6. The fourth-order valence-electron chi connectivity index (χ4n) is 1.78. The standard InChI is InChI=1S/C14H15BrN2O3/c15-11-5-6-13(18)17(10-11)8-2-1-7-16-14(19)12-4-3-9-20-12/h3-6,9-10H,1-2,7-8H2,(H,16,19). The summed E-state index contributed by atoms with van der Waals surface area (Å²) in [4.78, 5) is 23.1. The first-order chi connectivity index (χ1) is 9.66. The minimum Gasteiger partial charge on any atom is -0.459 e. The van der Waals surface area contributed by atoms with E-state index in [-0.39, 0.29) is 11.5 Å². The predicted octanol–water partition coefficient (Wildman–Crippen LogP) is 2.41. The monoisotopic (exact) mass is 338 g/mol. The van der Waals surface area contributed by atoms with Gasteiger partial charge in [-0.3, -0.25) is 9.59 Å². The Balaban J connectivity index is 1.70. The average Bonchev–Trinajstić information content (AvgIpc) is 2.96. The maximum Gasteiger partial charge on any atom is 0.286 e. The molecule has 1 amide bonds. The lowest BCUT2D eigenvalue weighted by Crippen LogP contribution is -2.24. The van der Waals surface area contributed by atoms with E-state index in [1.165, 1.54) is 12.3 Å². The molecule has 0 aliphatic carbocycles. The van der Waals surface area contributed by atoms with E-state index < -0.39 is 0 Å². The molecule has 0 spiro atoms. The fraction of sp³-hybridized carbons (Fsp3) is 0.286. The molecule has 6 heteroatoms. The maximum atomic E-state index is 11.6. The first-order valence-corrected chi connectivity index (χ1v) is 7.14. The van der Waals surface area contributed by atoms with Crippen molar-refractivity contribution in [3.8, 4) is 0 Å². The number of nitrogens with one attached hydrogen (secondary N) is 1. The number of nitrogens with zero attached hydrogens (tertiary/aromatic N) is 1. The van der Waals surface area contributed by atoms with Gasteiger partial charge in [-0.2, -0.15) is 0 Å². The Morgan fingerprint density at radius 1 is 1.30 bits per heavy atom. The van der Waals surface area contributed by atoms with Crippen LogP contribution in [0.3, 0.4) is 0 Å². The van der Waals surface area contributed by atoms with E-state index in [2.05, 4.69) is 21.2 Å². The fourth-order valence-corrected chi connectivity index (χ4v) is 2.16. The number of carbonyl (C=O) groups excluding carboxylic acids is 1. The van der Waals surface area contributed by atoms with Crippen LogP contribution >= 0.6 is 15.9 Å². The van der Waals surface area contributed by atoms with Crippen molar-refractivity contribution in [1.82, 2.24) is 9.88 Å². The molecular weight excluding hydrogens is 324 g/mol. The minimum absolute atomic E-state index is 0.0205. The summed E-state index contributed by atoms with van der Waals surface area (Å²) in [5, 5.41) is 2.77. The molecule has 0 unspecified atom stereocenters. The Labute approximate surface area is 124 Å². The van der Waals surface area contributed by atoms with E-state index >= 15 is 0 Å². The Morgan fingerprint density at radius 3 is 2.90 bits per heavy atom. The number of aromatic nitrogens is 1. The number of aryl methyl sites for hydroxylation is 1. The first kappa shape index (κ1) is 14.6. The van der Waals surface area contributed by atoms with Crippen molar-refractivity contribution in [3.05, 3.63) is 57.3 Å². The number of carbonyl (C=O) groups is 1. The van der Waals surface area contributed by atoms with Crippen LogP contribution < -0.4 is 10.9 Å². The van der Waals surface area contributed by atoms with Crippen LogP contribution in [0.5, 0.6) is 0 Å². The summed E-state index contributed by atoms with van der Waals surface area (Å²) in [6.45, 7) is 1.19. The molecule has 1 N–H and O–H groups in total. The van der Waals surface area contributed by atoms with Crippen LogP contribution in [-0.2, 0) is 6.54 Å². The number of amides is 1. The summed E-state index contributed by atoms with van der Waals surface area (Å²) in [7, 11) is 0. The quantitative estimate of drug-likeness (QED) is 0.822. The Morgan fingerprint density at radius 2 is 2.15 bits per heavy atom. The SMILES string of the molecule is O=C(NCCCCn1cc(Br)ccc1=O)c1ccco1. The van der Waals surface area contributed by atoms with Crippen LogP contribution in [0.1, 0.15) is 23.4 Å². The molecule has 0 aliphatic heterocycles. The zero-order valence-electron chi connectivity index (χ0n) is 10.8. The summed E-state index contributed by atoms with van der Waals surface area (Å²) in [6, 6.07) is 6.55. The molecule has 0 saturated carbocycles. The van der Waals surface area contributed by atoms with Crippen molar-refractivity contribution in [2.75, 3.05) is 6.54 Å². The second kappa shape index (κ2) is 7.09. The van der Waals surface area contributed by atoms with Gasteiger partial charge in [0.1, 0.15) is 0 Å². The van der Waals surface area contributed by atoms with Crippen LogP contribution in [-0.4, -0.2) is 17.0 Å². The van der Waals surface area contributed by atoms with E-state index in [4.69, 9.17) is 4.42 Å². The van der Waals surface area contributed by atoms with E-state index in [0.717, 1.165) is 17.3 Å². The minimum atomic E-state index is -0.213. The van der Waals surface area contributed by atoms with Gasteiger partial charge in [-0.1, -0.05) is 0 Å². The third kappa shape index (κ3) is 4.09. The van der Waals surface area contributed by atoms with Gasteiger partial charge in [0.15, 0.2) is 5.76 Å². The van der Waals surface area contributed by atoms with E-state index in [0.29, 0.717) is 18.8 Å². The Bertz CT molecular complexity index is 620. The zero-order valence-corrected chi connectivity index (χ0v) is 12.4. The molecule has 0 atom stereocenters. The first-order valence-electron chi connectivity index (χ1n) is 6.34. The normalized spacial score (nSPS) is 10.4. The highest BCUT2D eigenvalue weighted by Gasteiger charge is 2.06. The lowest BCUT2D eigenvalue weighted by Gasteiger charge is -2.06. The highest BCUT2D eigenvalue weighted by Crippen LogP contribution is 2.05. The van der Waals surface area contributed by atoms with Gasteiger partial charge in [0.05, 0.1) is 6.26 Å². The summed E-state index contributed by atoms with van der Waals surface area (Å²) < 4.78 is 7.52. The van der Waals surface area contributed by atoms with Gasteiger partial charge >= 0.3 is 0 Å². The molecule has 2 rings (SSSR count). The number of hydrogen-bond acceptors (Lipinski definition) is 3.